The Morgan fingerprint density at radius 3 is 2.88 bits per heavy atom. The van der Waals surface area contributed by atoms with E-state index in [1.165, 1.54) is 11.3 Å². The van der Waals surface area contributed by atoms with E-state index >= 15 is 0 Å². The van der Waals surface area contributed by atoms with Crippen molar-refractivity contribution in [2.75, 3.05) is 19.7 Å². The molecule has 1 aromatic heterocycles. The van der Waals surface area contributed by atoms with Crippen LogP contribution in [-0.4, -0.2) is 40.6 Å². The molecule has 0 aromatic carbocycles. The first-order valence-corrected chi connectivity index (χ1v) is 6.65. The van der Waals surface area contributed by atoms with Gasteiger partial charge in [-0.05, 0) is 6.42 Å². The number of aliphatic hydroxyl groups excluding tert-OH is 1. The molecular formula is C11H19N3O2S. The standard InChI is InChI=1S/C11H19N3O2S/c1-2-3-4-14(5-6-15)11(16)9-8-17-10(7-12)13-9/h8,15H,2-7,12H2,1H3. The Labute approximate surface area is 105 Å². The molecule has 3 N–H and O–H groups in total. The van der Waals surface area contributed by atoms with E-state index in [4.69, 9.17) is 10.8 Å². The second-order valence-corrected chi connectivity index (χ2v) is 4.64. The van der Waals surface area contributed by atoms with Crippen molar-refractivity contribution in [2.24, 2.45) is 5.73 Å². The topological polar surface area (TPSA) is 79.5 Å². The number of aliphatic hydroxyl groups is 1. The maximum absolute atomic E-state index is 12.1. The van der Waals surface area contributed by atoms with Gasteiger partial charge in [0.2, 0.25) is 0 Å². The first kappa shape index (κ1) is 14.1. The first-order valence-electron chi connectivity index (χ1n) is 5.77. The molecule has 1 heterocycles. The Bertz CT molecular complexity index is 354. The van der Waals surface area contributed by atoms with E-state index in [0.717, 1.165) is 17.8 Å². The molecule has 0 saturated carbocycles. The maximum atomic E-state index is 12.1. The number of carbonyl (C=O) groups excluding carboxylic acids is 1. The summed E-state index contributed by atoms with van der Waals surface area (Å²) in [5.74, 6) is -0.122. The maximum Gasteiger partial charge on any atom is 0.273 e. The van der Waals surface area contributed by atoms with Crippen LogP contribution in [0.1, 0.15) is 35.3 Å². The number of amides is 1. The van der Waals surface area contributed by atoms with Crippen molar-refractivity contribution in [3.05, 3.63) is 16.1 Å². The van der Waals surface area contributed by atoms with Crippen molar-refractivity contribution in [2.45, 2.75) is 26.3 Å². The summed E-state index contributed by atoms with van der Waals surface area (Å²) in [6, 6.07) is 0. The van der Waals surface area contributed by atoms with Gasteiger partial charge in [0.05, 0.1) is 6.61 Å². The van der Waals surface area contributed by atoms with Gasteiger partial charge in [-0.3, -0.25) is 4.79 Å². The molecule has 0 unspecified atom stereocenters. The number of nitrogens with two attached hydrogens (primary N) is 1. The predicted octanol–water partition coefficient (Wildman–Crippen LogP) is 0.836. The number of rotatable bonds is 7. The molecule has 0 radical (unpaired) electrons. The molecule has 0 bridgehead atoms. The fraction of sp³-hybridized carbons (Fsp3) is 0.636. The predicted molar refractivity (Wildman–Crippen MR) is 67.9 cm³/mol. The zero-order valence-corrected chi connectivity index (χ0v) is 10.9. The van der Waals surface area contributed by atoms with Crippen LogP contribution in [0.25, 0.3) is 0 Å². The number of nitrogens with zero attached hydrogens (tertiary/aromatic N) is 2. The van der Waals surface area contributed by atoms with Crippen LogP contribution in [0.2, 0.25) is 0 Å². The van der Waals surface area contributed by atoms with E-state index in [9.17, 15) is 4.79 Å². The van der Waals surface area contributed by atoms with Gasteiger partial charge in [0.1, 0.15) is 10.7 Å². The molecule has 0 spiro atoms. The Kier molecular flexibility index (Phi) is 6.10. The summed E-state index contributed by atoms with van der Waals surface area (Å²) in [4.78, 5) is 17.9. The highest BCUT2D eigenvalue weighted by atomic mass is 32.1. The minimum Gasteiger partial charge on any atom is -0.395 e. The lowest BCUT2D eigenvalue weighted by Gasteiger charge is -2.20. The Morgan fingerprint density at radius 1 is 1.59 bits per heavy atom. The number of unbranched alkanes of at least 4 members (excludes halogenated alkanes) is 1. The minimum absolute atomic E-state index is 0.0245. The summed E-state index contributed by atoms with van der Waals surface area (Å²) in [5, 5.41) is 11.4. The SMILES string of the molecule is CCCCN(CCO)C(=O)c1csc(CN)n1. The number of thiazole rings is 1. The van der Waals surface area contributed by atoms with Crippen LogP contribution in [0.4, 0.5) is 0 Å². The van der Waals surface area contributed by atoms with Gasteiger partial charge in [-0.25, -0.2) is 4.98 Å². The van der Waals surface area contributed by atoms with Crippen molar-refractivity contribution in [3.63, 3.8) is 0 Å². The van der Waals surface area contributed by atoms with Gasteiger partial charge in [-0.2, -0.15) is 0 Å². The molecule has 0 fully saturated rings. The Hall–Kier alpha value is -0.980. The van der Waals surface area contributed by atoms with Crippen molar-refractivity contribution >= 4 is 17.2 Å². The van der Waals surface area contributed by atoms with Crippen molar-refractivity contribution in [1.29, 1.82) is 0 Å². The molecule has 0 saturated heterocycles. The second-order valence-electron chi connectivity index (χ2n) is 3.70. The zero-order valence-electron chi connectivity index (χ0n) is 10.1. The Balaban J connectivity index is 2.68. The molecule has 1 amide bonds. The molecule has 1 rings (SSSR count). The van der Waals surface area contributed by atoms with Crippen LogP contribution in [0.5, 0.6) is 0 Å². The highest BCUT2D eigenvalue weighted by molar-refractivity contribution is 7.09. The summed E-state index contributed by atoms with van der Waals surface area (Å²) in [7, 11) is 0. The molecule has 0 aliphatic rings. The normalized spacial score (nSPS) is 10.5. The molecule has 0 atom stereocenters. The molecule has 0 aliphatic carbocycles. The zero-order chi connectivity index (χ0) is 12.7. The lowest BCUT2D eigenvalue weighted by Crippen LogP contribution is -2.34. The highest BCUT2D eigenvalue weighted by Crippen LogP contribution is 2.11. The number of carbonyl (C=O) groups is 1. The van der Waals surface area contributed by atoms with Gasteiger partial charge in [0.15, 0.2) is 0 Å². The number of hydrogen-bond acceptors (Lipinski definition) is 5. The van der Waals surface area contributed by atoms with Crippen LogP contribution in [0.3, 0.4) is 0 Å². The van der Waals surface area contributed by atoms with Crippen LogP contribution in [-0.2, 0) is 6.54 Å². The summed E-state index contributed by atoms with van der Waals surface area (Å²) >= 11 is 1.39. The van der Waals surface area contributed by atoms with E-state index in [-0.39, 0.29) is 12.5 Å². The van der Waals surface area contributed by atoms with Gasteiger partial charge in [0.25, 0.3) is 5.91 Å². The van der Waals surface area contributed by atoms with Gasteiger partial charge in [-0.1, -0.05) is 13.3 Å². The summed E-state index contributed by atoms with van der Waals surface area (Å²) in [6.45, 7) is 3.41. The first-order chi connectivity index (χ1) is 8.22. The molecule has 96 valence electrons. The largest absolute Gasteiger partial charge is 0.395 e. The molecule has 5 nitrogen and oxygen atoms in total. The lowest BCUT2D eigenvalue weighted by molar-refractivity contribution is 0.0714. The molecular weight excluding hydrogens is 238 g/mol. The van der Waals surface area contributed by atoms with Crippen LogP contribution in [0.15, 0.2) is 5.38 Å². The van der Waals surface area contributed by atoms with E-state index in [2.05, 4.69) is 11.9 Å². The smallest absolute Gasteiger partial charge is 0.273 e. The third kappa shape index (κ3) is 4.07. The van der Waals surface area contributed by atoms with E-state index in [1.807, 2.05) is 0 Å². The fourth-order valence-corrected chi connectivity index (χ4v) is 2.10. The average molecular weight is 257 g/mol. The van der Waals surface area contributed by atoms with Gasteiger partial charge < -0.3 is 15.7 Å². The minimum atomic E-state index is -0.122. The van der Waals surface area contributed by atoms with E-state index in [1.54, 1.807) is 10.3 Å². The van der Waals surface area contributed by atoms with Crippen molar-refractivity contribution in [3.8, 4) is 0 Å². The average Bonchev–Trinajstić information content (AvgIpc) is 2.82. The van der Waals surface area contributed by atoms with E-state index < -0.39 is 0 Å². The molecule has 1 aromatic rings. The van der Waals surface area contributed by atoms with Crippen molar-refractivity contribution in [1.82, 2.24) is 9.88 Å². The number of hydrogen-bond donors (Lipinski definition) is 2. The van der Waals surface area contributed by atoms with Crippen LogP contribution in [0, 0.1) is 0 Å². The van der Waals surface area contributed by atoms with Gasteiger partial charge >= 0.3 is 0 Å². The quantitative estimate of drug-likeness (QED) is 0.758. The fourth-order valence-electron chi connectivity index (χ4n) is 1.45. The van der Waals surface area contributed by atoms with Crippen LogP contribution < -0.4 is 5.73 Å². The lowest BCUT2D eigenvalue weighted by atomic mass is 10.3. The monoisotopic (exact) mass is 257 g/mol. The van der Waals surface area contributed by atoms with Gasteiger partial charge in [-0.15, -0.1) is 11.3 Å². The molecule has 0 aliphatic heterocycles. The van der Waals surface area contributed by atoms with Crippen molar-refractivity contribution < 1.29 is 9.90 Å². The molecule has 6 heteroatoms. The van der Waals surface area contributed by atoms with Gasteiger partial charge in [0, 0.05) is 25.0 Å². The summed E-state index contributed by atoms with van der Waals surface area (Å²) < 4.78 is 0. The summed E-state index contributed by atoms with van der Waals surface area (Å²) in [6.07, 6.45) is 1.94. The number of aromatic nitrogens is 1. The van der Waals surface area contributed by atoms with E-state index in [0.29, 0.717) is 25.3 Å². The Morgan fingerprint density at radius 2 is 2.35 bits per heavy atom. The third-order valence-corrected chi connectivity index (χ3v) is 3.26. The third-order valence-electron chi connectivity index (χ3n) is 2.38. The van der Waals surface area contributed by atoms with Crippen LogP contribution >= 0.6 is 11.3 Å². The second kappa shape index (κ2) is 7.37. The molecule has 17 heavy (non-hydrogen) atoms. The highest BCUT2D eigenvalue weighted by Gasteiger charge is 2.17. The summed E-state index contributed by atoms with van der Waals surface area (Å²) in [5.41, 5.74) is 5.89.